The predicted molar refractivity (Wildman–Crippen MR) is 69.5 cm³/mol. The van der Waals surface area contributed by atoms with Gasteiger partial charge in [-0.25, -0.2) is 4.98 Å². The second-order valence-electron chi connectivity index (χ2n) is 3.88. The fourth-order valence-electron chi connectivity index (χ4n) is 1.90. The van der Waals surface area contributed by atoms with Crippen molar-refractivity contribution >= 4 is 0 Å². The van der Waals surface area contributed by atoms with Gasteiger partial charge >= 0.3 is 0 Å². The van der Waals surface area contributed by atoms with Gasteiger partial charge in [-0.15, -0.1) is 0 Å². The lowest BCUT2D eigenvalue weighted by Gasteiger charge is -2.03. The highest BCUT2D eigenvalue weighted by Gasteiger charge is 2.02. The van der Waals surface area contributed by atoms with Crippen molar-refractivity contribution in [1.82, 2.24) is 9.97 Å². The third kappa shape index (κ3) is 1.97. The molecule has 0 aliphatic rings. The van der Waals surface area contributed by atoms with E-state index in [2.05, 4.69) is 58.5 Å². The first-order valence-corrected chi connectivity index (χ1v) is 5.59. The summed E-state index contributed by atoms with van der Waals surface area (Å²) >= 11 is 0. The van der Waals surface area contributed by atoms with Crippen molar-refractivity contribution in [3.63, 3.8) is 0 Å². The largest absolute Gasteiger partial charge is 0.345 e. The zero-order chi connectivity index (χ0) is 11.5. The van der Waals surface area contributed by atoms with Gasteiger partial charge in [0.1, 0.15) is 5.82 Å². The summed E-state index contributed by atoms with van der Waals surface area (Å²) in [5.41, 5.74) is 3.54. The number of H-pyrrole nitrogens is 1. The summed E-state index contributed by atoms with van der Waals surface area (Å²) in [4.78, 5) is 7.39. The van der Waals surface area contributed by atoms with E-state index < -0.39 is 0 Å². The highest BCUT2D eigenvalue weighted by molar-refractivity contribution is 5.70. The van der Waals surface area contributed by atoms with Gasteiger partial charge in [0.15, 0.2) is 0 Å². The van der Waals surface area contributed by atoms with Crippen molar-refractivity contribution in [2.24, 2.45) is 0 Å². The fraction of sp³-hybridized carbons (Fsp3) is 0. The summed E-state index contributed by atoms with van der Waals surface area (Å²) in [7, 11) is 0. The molecule has 0 radical (unpaired) electrons. The van der Waals surface area contributed by atoms with E-state index in [1.165, 1.54) is 11.1 Å². The molecule has 0 saturated heterocycles. The maximum atomic E-state index is 4.27. The first kappa shape index (κ1) is 9.85. The van der Waals surface area contributed by atoms with Gasteiger partial charge < -0.3 is 4.98 Å². The minimum atomic E-state index is 0.905. The lowest BCUT2D eigenvalue weighted by atomic mass is 10.0. The number of nitrogens with one attached hydrogen (secondary N) is 1. The van der Waals surface area contributed by atoms with Gasteiger partial charge in [0, 0.05) is 18.0 Å². The Morgan fingerprint density at radius 2 is 1.53 bits per heavy atom. The first-order chi connectivity index (χ1) is 8.43. The van der Waals surface area contributed by atoms with Crippen LogP contribution in [0.2, 0.25) is 0 Å². The zero-order valence-corrected chi connectivity index (χ0v) is 9.30. The second-order valence-corrected chi connectivity index (χ2v) is 3.88. The third-order valence-electron chi connectivity index (χ3n) is 2.74. The van der Waals surface area contributed by atoms with Crippen molar-refractivity contribution in [2.45, 2.75) is 0 Å². The zero-order valence-electron chi connectivity index (χ0n) is 9.30. The number of rotatable bonds is 2. The molecular weight excluding hydrogens is 208 g/mol. The maximum Gasteiger partial charge on any atom is 0.137 e. The van der Waals surface area contributed by atoms with Gasteiger partial charge in [0.05, 0.1) is 0 Å². The predicted octanol–water partition coefficient (Wildman–Crippen LogP) is 3.74. The number of benzene rings is 2. The van der Waals surface area contributed by atoms with Crippen molar-refractivity contribution in [1.29, 1.82) is 0 Å². The highest BCUT2D eigenvalue weighted by atomic mass is 14.9. The molecule has 1 aromatic heterocycles. The molecule has 82 valence electrons. The summed E-state index contributed by atoms with van der Waals surface area (Å²) in [6.45, 7) is 0. The summed E-state index contributed by atoms with van der Waals surface area (Å²) in [6, 6.07) is 18.7. The number of imidazole rings is 1. The van der Waals surface area contributed by atoms with Crippen LogP contribution in [-0.2, 0) is 0 Å². The molecule has 0 aliphatic heterocycles. The fourth-order valence-corrected chi connectivity index (χ4v) is 1.90. The van der Waals surface area contributed by atoms with Crippen LogP contribution in [0.25, 0.3) is 22.5 Å². The number of hydrogen-bond donors (Lipinski definition) is 1. The molecule has 2 nitrogen and oxygen atoms in total. The van der Waals surface area contributed by atoms with E-state index in [9.17, 15) is 0 Å². The SMILES string of the molecule is c1ccc(-c2cccc(-c3ncc[nH]3)c2)cc1. The maximum absolute atomic E-state index is 4.27. The summed E-state index contributed by atoms with van der Waals surface area (Å²) < 4.78 is 0. The van der Waals surface area contributed by atoms with Crippen molar-refractivity contribution in [2.75, 3.05) is 0 Å². The molecule has 1 N–H and O–H groups in total. The van der Waals surface area contributed by atoms with Crippen LogP contribution in [0.15, 0.2) is 67.0 Å². The molecule has 0 fully saturated rings. The Morgan fingerprint density at radius 3 is 2.29 bits per heavy atom. The Bertz CT molecular complexity index is 598. The molecule has 0 unspecified atom stereocenters. The molecule has 0 amide bonds. The quantitative estimate of drug-likeness (QED) is 0.700. The van der Waals surface area contributed by atoms with Crippen molar-refractivity contribution in [3.05, 3.63) is 67.0 Å². The standard InChI is InChI=1S/C15H12N2/c1-2-5-12(6-3-1)13-7-4-8-14(11-13)15-16-9-10-17-15/h1-11H,(H,16,17). The lowest BCUT2D eigenvalue weighted by molar-refractivity contribution is 1.31. The van der Waals surface area contributed by atoms with Gasteiger partial charge in [-0.1, -0.05) is 48.5 Å². The molecule has 0 saturated carbocycles. The molecule has 17 heavy (non-hydrogen) atoms. The number of nitrogens with zero attached hydrogens (tertiary/aromatic N) is 1. The first-order valence-electron chi connectivity index (χ1n) is 5.59. The number of hydrogen-bond acceptors (Lipinski definition) is 1. The molecule has 3 aromatic rings. The lowest BCUT2D eigenvalue weighted by Crippen LogP contribution is -1.82. The van der Waals surface area contributed by atoms with E-state index in [0.717, 1.165) is 11.4 Å². The third-order valence-corrected chi connectivity index (χ3v) is 2.74. The Morgan fingerprint density at radius 1 is 0.765 bits per heavy atom. The van der Waals surface area contributed by atoms with E-state index >= 15 is 0 Å². The summed E-state index contributed by atoms with van der Waals surface area (Å²) in [5, 5.41) is 0. The summed E-state index contributed by atoms with van der Waals surface area (Å²) in [6.07, 6.45) is 3.61. The minimum absolute atomic E-state index is 0.905. The smallest absolute Gasteiger partial charge is 0.137 e. The average molecular weight is 220 g/mol. The van der Waals surface area contributed by atoms with E-state index in [-0.39, 0.29) is 0 Å². The highest BCUT2D eigenvalue weighted by Crippen LogP contribution is 2.23. The van der Waals surface area contributed by atoms with Gasteiger partial charge in [-0.3, -0.25) is 0 Å². The minimum Gasteiger partial charge on any atom is -0.345 e. The molecule has 2 heteroatoms. The van der Waals surface area contributed by atoms with Crippen LogP contribution in [-0.4, -0.2) is 9.97 Å². The van der Waals surface area contributed by atoms with Crippen LogP contribution in [0, 0.1) is 0 Å². The van der Waals surface area contributed by atoms with Gasteiger partial charge in [0.2, 0.25) is 0 Å². The van der Waals surface area contributed by atoms with Crippen LogP contribution in [0.1, 0.15) is 0 Å². The molecule has 0 bridgehead atoms. The molecule has 0 aliphatic carbocycles. The van der Waals surface area contributed by atoms with Crippen LogP contribution in [0.3, 0.4) is 0 Å². The Kier molecular flexibility index (Phi) is 2.47. The van der Waals surface area contributed by atoms with Crippen LogP contribution in [0.4, 0.5) is 0 Å². The van der Waals surface area contributed by atoms with Crippen molar-refractivity contribution < 1.29 is 0 Å². The molecular formula is C15H12N2. The van der Waals surface area contributed by atoms with E-state index in [0.29, 0.717) is 0 Å². The van der Waals surface area contributed by atoms with Crippen molar-refractivity contribution in [3.8, 4) is 22.5 Å². The van der Waals surface area contributed by atoms with E-state index in [1.807, 2.05) is 12.3 Å². The van der Waals surface area contributed by atoms with Gasteiger partial charge in [0.25, 0.3) is 0 Å². The number of aromatic nitrogens is 2. The second kappa shape index (κ2) is 4.26. The van der Waals surface area contributed by atoms with E-state index in [1.54, 1.807) is 6.20 Å². The van der Waals surface area contributed by atoms with Gasteiger partial charge in [-0.2, -0.15) is 0 Å². The molecule has 2 aromatic carbocycles. The molecule has 0 atom stereocenters. The Labute approximate surface area is 100.0 Å². The molecule has 3 rings (SSSR count). The van der Waals surface area contributed by atoms with Crippen LogP contribution in [0.5, 0.6) is 0 Å². The average Bonchev–Trinajstić information content (AvgIpc) is 2.94. The molecule has 0 spiro atoms. The normalized spacial score (nSPS) is 10.4. The van der Waals surface area contributed by atoms with Gasteiger partial charge in [-0.05, 0) is 17.2 Å². The van der Waals surface area contributed by atoms with Crippen LogP contribution >= 0.6 is 0 Å². The van der Waals surface area contributed by atoms with E-state index in [4.69, 9.17) is 0 Å². The number of aromatic amines is 1. The topological polar surface area (TPSA) is 28.7 Å². The summed E-state index contributed by atoms with van der Waals surface area (Å²) in [5.74, 6) is 0.905. The molecule has 1 heterocycles. The monoisotopic (exact) mass is 220 g/mol. The Balaban J connectivity index is 2.06. The van der Waals surface area contributed by atoms with Crippen LogP contribution < -0.4 is 0 Å². The Hall–Kier alpha value is -2.35.